The number of thiocarbonyl (C=S) groups is 1. The Morgan fingerprint density at radius 1 is 0.963 bits per heavy atom. The quantitative estimate of drug-likeness (QED) is 0.492. The standard InChI is InChI=1S/C21H21NO3S2/c1-24-16-10-6-14(7-11-16)20-21(15-8-12-17(25-2)13-9-15)27-18(22-20)4-3-5-19(23)26/h6-13H,3-5H2,1-2H3,(H,23,26). The number of benzene rings is 2. The highest BCUT2D eigenvalue weighted by Gasteiger charge is 2.15. The van der Waals surface area contributed by atoms with Crippen molar-refractivity contribution in [3.05, 3.63) is 53.5 Å². The van der Waals surface area contributed by atoms with Crippen LogP contribution in [0, 0.1) is 0 Å². The van der Waals surface area contributed by atoms with Crippen LogP contribution in [0.5, 0.6) is 11.5 Å². The molecule has 0 bridgehead atoms. The Morgan fingerprint density at radius 3 is 2.04 bits per heavy atom. The molecule has 0 aliphatic heterocycles. The van der Waals surface area contributed by atoms with Crippen LogP contribution in [0.3, 0.4) is 0 Å². The third kappa shape index (κ3) is 4.84. The summed E-state index contributed by atoms with van der Waals surface area (Å²) in [5.41, 5.74) is 3.10. The summed E-state index contributed by atoms with van der Waals surface area (Å²) in [6.45, 7) is 0. The van der Waals surface area contributed by atoms with Gasteiger partial charge >= 0.3 is 0 Å². The van der Waals surface area contributed by atoms with Gasteiger partial charge in [-0.15, -0.1) is 11.3 Å². The van der Waals surface area contributed by atoms with E-state index in [9.17, 15) is 5.11 Å². The number of aliphatic hydroxyl groups excluding tert-OH is 1. The third-order valence-corrected chi connectivity index (χ3v) is 5.54. The van der Waals surface area contributed by atoms with Crippen LogP contribution in [-0.4, -0.2) is 29.4 Å². The van der Waals surface area contributed by atoms with Gasteiger partial charge < -0.3 is 14.6 Å². The van der Waals surface area contributed by atoms with Crippen molar-refractivity contribution in [1.82, 2.24) is 4.98 Å². The van der Waals surface area contributed by atoms with Crippen LogP contribution in [0.1, 0.15) is 17.8 Å². The summed E-state index contributed by atoms with van der Waals surface area (Å²) in [7, 11) is 3.32. The first kappa shape index (κ1) is 19.3. The second-order valence-electron chi connectivity index (χ2n) is 5.99. The lowest BCUT2D eigenvalue weighted by Crippen LogP contribution is -1.93. The topological polar surface area (TPSA) is 51.6 Å². The zero-order chi connectivity index (χ0) is 19.2. The average molecular weight is 400 g/mol. The van der Waals surface area contributed by atoms with Crippen LogP contribution >= 0.6 is 23.6 Å². The Labute approximate surface area is 168 Å². The van der Waals surface area contributed by atoms with Gasteiger partial charge in [0.1, 0.15) is 11.5 Å². The number of aromatic nitrogens is 1. The molecule has 140 valence electrons. The molecule has 1 N–H and O–H groups in total. The number of thiazole rings is 1. The van der Waals surface area contributed by atoms with Crippen LogP contribution in [0.2, 0.25) is 0 Å². The molecule has 0 fully saturated rings. The number of methoxy groups -OCH3 is 2. The Hall–Kier alpha value is -2.44. The number of aryl methyl sites for hydroxylation is 1. The molecule has 0 aliphatic rings. The van der Waals surface area contributed by atoms with Gasteiger partial charge in [0, 0.05) is 12.0 Å². The van der Waals surface area contributed by atoms with Crippen LogP contribution in [0.25, 0.3) is 21.7 Å². The van der Waals surface area contributed by atoms with Gasteiger partial charge in [-0.25, -0.2) is 4.98 Å². The molecule has 27 heavy (non-hydrogen) atoms. The predicted molar refractivity (Wildman–Crippen MR) is 114 cm³/mol. The number of nitrogens with zero attached hydrogens (tertiary/aromatic N) is 1. The summed E-state index contributed by atoms with van der Waals surface area (Å²) in [5.74, 6) is 1.64. The fraction of sp³-hybridized carbons (Fsp3) is 0.238. The lowest BCUT2D eigenvalue weighted by atomic mass is 10.1. The monoisotopic (exact) mass is 399 g/mol. The van der Waals surface area contributed by atoms with Gasteiger partial charge in [-0.1, -0.05) is 0 Å². The van der Waals surface area contributed by atoms with Crippen molar-refractivity contribution in [3.63, 3.8) is 0 Å². The molecule has 0 saturated heterocycles. The van der Waals surface area contributed by atoms with E-state index in [0.717, 1.165) is 51.0 Å². The van der Waals surface area contributed by atoms with Gasteiger partial charge in [0.05, 0.1) is 29.8 Å². The molecular weight excluding hydrogens is 378 g/mol. The zero-order valence-corrected chi connectivity index (χ0v) is 16.9. The second-order valence-corrected chi connectivity index (χ2v) is 7.54. The van der Waals surface area contributed by atoms with E-state index in [0.29, 0.717) is 6.42 Å². The van der Waals surface area contributed by atoms with Crippen molar-refractivity contribution < 1.29 is 14.6 Å². The van der Waals surface area contributed by atoms with Gasteiger partial charge in [0.25, 0.3) is 0 Å². The lowest BCUT2D eigenvalue weighted by Gasteiger charge is -2.05. The van der Waals surface area contributed by atoms with E-state index >= 15 is 0 Å². The maximum atomic E-state index is 9.24. The molecule has 0 radical (unpaired) electrons. The minimum Gasteiger partial charge on any atom is -0.502 e. The van der Waals surface area contributed by atoms with Crippen molar-refractivity contribution in [3.8, 4) is 33.2 Å². The Morgan fingerprint density at radius 2 is 1.52 bits per heavy atom. The molecule has 4 nitrogen and oxygen atoms in total. The fourth-order valence-electron chi connectivity index (χ4n) is 2.74. The first-order valence-electron chi connectivity index (χ1n) is 8.61. The smallest absolute Gasteiger partial charge is 0.156 e. The number of hydrogen-bond acceptors (Lipinski definition) is 5. The minimum absolute atomic E-state index is 0.0531. The van der Waals surface area contributed by atoms with Gasteiger partial charge in [-0.2, -0.15) is 0 Å². The van der Waals surface area contributed by atoms with Gasteiger partial charge in [0.15, 0.2) is 5.05 Å². The molecule has 0 atom stereocenters. The molecule has 0 spiro atoms. The van der Waals surface area contributed by atoms with Crippen molar-refractivity contribution in [2.24, 2.45) is 0 Å². The average Bonchev–Trinajstić information content (AvgIpc) is 3.12. The van der Waals surface area contributed by atoms with E-state index in [2.05, 4.69) is 0 Å². The molecule has 1 heterocycles. The van der Waals surface area contributed by atoms with E-state index in [4.69, 9.17) is 26.7 Å². The van der Waals surface area contributed by atoms with Crippen LogP contribution in [0.4, 0.5) is 0 Å². The van der Waals surface area contributed by atoms with E-state index in [-0.39, 0.29) is 5.05 Å². The molecule has 0 unspecified atom stereocenters. The molecular formula is C21H21NO3S2. The minimum atomic E-state index is 0.0531. The third-order valence-electron chi connectivity index (χ3n) is 4.17. The number of hydrogen-bond donors (Lipinski definition) is 1. The fourth-order valence-corrected chi connectivity index (χ4v) is 4.02. The summed E-state index contributed by atoms with van der Waals surface area (Å²) in [4.78, 5) is 5.99. The normalized spacial score (nSPS) is 10.6. The number of aliphatic hydroxyl groups is 1. The van der Waals surface area contributed by atoms with Crippen LogP contribution < -0.4 is 9.47 Å². The highest BCUT2D eigenvalue weighted by molar-refractivity contribution is 7.80. The predicted octanol–water partition coefficient (Wildman–Crippen LogP) is 5.70. The molecule has 0 aliphatic carbocycles. The van der Waals surface area contributed by atoms with E-state index in [1.165, 1.54) is 0 Å². The molecule has 0 amide bonds. The van der Waals surface area contributed by atoms with Crippen LogP contribution in [0.15, 0.2) is 48.5 Å². The van der Waals surface area contributed by atoms with Gasteiger partial charge in [-0.05, 0) is 79.2 Å². The Kier molecular flexibility index (Phi) is 6.42. The van der Waals surface area contributed by atoms with Crippen molar-refractivity contribution in [2.45, 2.75) is 19.3 Å². The summed E-state index contributed by atoms with van der Waals surface area (Å²) in [6, 6.07) is 15.9. The number of ether oxygens (including phenoxy) is 2. The van der Waals surface area contributed by atoms with E-state index < -0.39 is 0 Å². The van der Waals surface area contributed by atoms with Gasteiger partial charge in [-0.3, -0.25) is 0 Å². The molecule has 3 aromatic rings. The van der Waals surface area contributed by atoms with Crippen molar-refractivity contribution in [2.75, 3.05) is 14.2 Å². The molecule has 6 heteroatoms. The lowest BCUT2D eigenvalue weighted by molar-refractivity contribution is 0.414. The molecule has 2 aromatic carbocycles. The molecule has 0 saturated carbocycles. The Bertz CT molecular complexity index is 837. The summed E-state index contributed by atoms with van der Waals surface area (Å²) < 4.78 is 10.5. The van der Waals surface area contributed by atoms with Crippen LogP contribution in [-0.2, 0) is 6.42 Å². The van der Waals surface area contributed by atoms with E-state index in [1.807, 2.05) is 48.5 Å². The highest BCUT2D eigenvalue weighted by Crippen LogP contribution is 2.38. The summed E-state index contributed by atoms with van der Waals surface area (Å²) in [5, 5.41) is 10.3. The van der Waals surface area contributed by atoms with Crippen molar-refractivity contribution in [1.29, 1.82) is 0 Å². The second kappa shape index (κ2) is 8.97. The largest absolute Gasteiger partial charge is 0.502 e. The zero-order valence-electron chi connectivity index (χ0n) is 15.3. The van der Waals surface area contributed by atoms with E-state index in [1.54, 1.807) is 25.6 Å². The van der Waals surface area contributed by atoms with Crippen molar-refractivity contribution >= 4 is 28.6 Å². The molecule has 3 rings (SSSR count). The SMILES string of the molecule is COc1ccc(-c2nc(CCCC(O)=S)sc2-c2ccc(OC)cc2)cc1. The summed E-state index contributed by atoms with van der Waals surface area (Å²) in [6.07, 6.45) is 2.09. The number of rotatable bonds is 8. The Balaban J connectivity index is 1.96. The maximum Gasteiger partial charge on any atom is 0.156 e. The van der Waals surface area contributed by atoms with Gasteiger partial charge in [0.2, 0.25) is 0 Å². The first-order chi connectivity index (χ1) is 13.1. The summed E-state index contributed by atoms with van der Waals surface area (Å²) >= 11 is 6.43. The maximum absolute atomic E-state index is 9.24. The highest BCUT2D eigenvalue weighted by atomic mass is 32.1. The molecule has 1 aromatic heterocycles. The first-order valence-corrected chi connectivity index (χ1v) is 9.83.